The Morgan fingerprint density at radius 1 is 0.328 bits per heavy atom. The van der Waals surface area contributed by atoms with Gasteiger partial charge < -0.3 is 4.42 Å². The summed E-state index contributed by atoms with van der Waals surface area (Å²) in [7, 11) is -2.30. The number of hydrogen-bond donors (Lipinski definition) is 0. The monoisotopic (exact) mass is 841 g/mol. The molecule has 0 atom stereocenters. The van der Waals surface area contributed by atoms with Crippen LogP contribution in [0.1, 0.15) is 0 Å². The minimum Gasteiger partial charge on any atom is -0.456 e. The fraction of sp³-hybridized carbons (Fsp3) is 0. The molecule has 6 aromatic heterocycles. The predicted octanol–water partition coefficient (Wildman–Crippen LogP) is 13.8. The molecule has 0 spiro atoms. The van der Waals surface area contributed by atoms with Crippen LogP contribution in [-0.4, -0.2) is 32.9 Å². The van der Waals surface area contributed by atoms with Gasteiger partial charge in [0.1, 0.15) is 22.8 Å². The first kappa shape index (κ1) is 35.2. The lowest BCUT2D eigenvalue weighted by atomic mass is 10.1. The SMILES string of the molecule is c1ccc(S(c2ccccc2)(c2cc(-n3c4ccccc4n4c5ccccc5nc34)nc(-n3c4ccccc4n4c5ccccc5nc34)c2)c2ccc3oc4ccccc4c3c2)cc1. The van der Waals surface area contributed by atoms with Gasteiger partial charge in [0.25, 0.3) is 0 Å². The first-order valence-electron chi connectivity index (χ1n) is 21.4. The lowest BCUT2D eigenvalue weighted by Crippen LogP contribution is -2.10. The van der Waals surface area contributed by atoms with E-state index in [-0.39, 0.29) is 0 Å². The van der Waals surface area contributed by atoms with E-state index in [1.165, 1.54) is 14.7 Å². The summed E-state index contributed by atoms with van der Waals surface area (Å²) < 4.78 is 15.5. The zero-order valence-corrected chi connectivity index (χ0v) is 35.0. The maximum Gasteiger partial charge on any atom is 0.221 e. The van der Waals surface area contributed by atoms with Crippen molar-refractivity contribution < 1.29 is 4.42 Å². The first-order valence-corrected chi connectivity index (χ1v) is 23.0. The van der Waals surface area contributed by atoms with Gasteiger partial charge in [-0.2, -0.15) is 0 Å². The number of rotatable bonds is 6. The van der Waals surface area contributed by atoms with Crippen LogP contribution < -0.4 is 0 Å². The number of nitrogens with zero attached hydrogens (tertiary/aromatic N) is 7. The smallest absolute Gasteiger partial charge is 0.221 e. The van der Waals surface area contributed by atoms with Crippen LogP contribution in [0.3, 0.4) is 0 Å². The highest BCUT2D eigenvalue weighted by Gasteiger charge is 2.36. The number of para-hydroxylation sites is 9. The van der Waals surface area contributed by atoms with E-state index in [1.807, 2.05) is 24.3 Å². The summed E-state index contributed by atoms with van der Waals surface area (Å²) >= 11 is 0. The lowest BCUT2D eigenvalue weighted by Gasteiger charge is -2.42. The molecule has 302 valence electrons. The normalized spacial score (nSPS) is 12.6. The molecule has 0 unspecified atom stereocenters. The van der Waals surface area contributed by atoms with Crippen LogP contribution in [0.4, 0.5) is 0 Å². The number of imidazole rings is 4. The summed E-state index contributed by atoms with van der Waals surface area (Å²) in [5.41, 5.74) is 9.77. The summed E-state index contributed by atoms with van der Waals surface area (Å²) in [5.74, 6) is 3.08. The zero-order chi connectivity index (χ0) is 41.9. The lowest BCUT2D eigenvalue weighted by molar-refractivity contribution is 0.668. The van der Waals surface area contributed by atoms with Gasteiger partial charge in [0, 0.05) is 30.4 Å². The summed E-state index contributed by atoms with van der Waals surface area (Å²) in [6, 6.07) is 75.5. The Morgan fingerprint density at radius 3 is 1.34 bits per heavy atom. The van der Waals surface area contributed by atoms with E-state index in [2.05, 4.69) is 206 Å². The Kier molecular flexibility index (Phi) is 7.32. The molecule has 8 aromatic carbocycles. The van der Waals surface area contributed by atoms with Crippen molar-refractivity contribution in [2.24, 2.45) is 0 Å². The summed E-state index contributed by atoms with van der Waals surface area (Å²) in [4.78, 5) is 21.1. The van der Waals surface area contributed by atoms with Crippen molar-refractivity contribution in [2.75, 3.05) is 0 Å². The Hall–Kier alpha value is -8.40. The molecule has 14 aromatic rings. The van der Waals surface area contributed by atoms with Crippen molar-refractivity contribution in [3.8, 4) is 11.6 Å². The van der Waals surface area contributed by atoms with Crippen LogP contribution in [0.25, 0.3) is 89.3 Å². The molecule has 8 nitrogen and oxygen atoms in total. The van der Waals surface area contributed by atoms with E-state index in [9.17, 15) is 0 Å². The molecule has 0 fully saturated rings. The highest BCUT2D eigenvalue weighted by molar-refractivity contribution is 8.34. The molecule has 0 saturated heterocycles. The van der Waals surface area contributed by atoms with Gasteiger partial charge in [-0.3, -0.25) is 17.9 Å². The van der Waals surface area contributed by atoms with E-state index in [1.54, 1.807) is 0 Å². The Morgan fingerprint density at radius 2 is 0.781 bits per heavy atom. The molecule has 0 amide bonds. The van der Waals surface area contributed by atoms with Crippen molar-refractivity contribution in [3.63, 3.8) is 0 Å². The quantitative estimate of drug-likeness (QED) is 0.167. The van der Waals surface area contributed by atoms with Crippen LogP contribution in [0.5, 0.6) is 0 Å². The van der Waals surface area contributed by atoms with Crippen molar-refractivity contribution in [3.05, 3.63) is 212 Å². The molecule has 6 heterocycles. The average Bonchev–Trinajstić information content (AvgIpc) is 4.16. The van der Waals surface area contributed by atoms with E-state index < -0.39 is 10.0 Å². The average molecular weight is 842 g/mol. The first-order chi connectivity index (χ1) is 31.7. The van der Waals surface area contributed by atoms with Gasteiger partial charge in [0.2, 0.25) is 11.6 Å². The number of hydrogen-bond acceptors (Lipinski definition) is 4. The maximum absolute atomic E-state index is 6.46. The van der Waals surface area contributed by atoms with Gasteiger partial charge in [-0.25, -0.2) is 15.0 Å². The van der Waals surface area contributed by atoms with Crippen LogP contribution >= 0.6 is 10.0 Å². The Bertz CT molecular complexity index is 3950. The second-order valence-corrected chi connectivity index (χ2v) is 19.2. The molecular formula is C55H35N7OS. The van der Waals surface area contributed by atoms with Crippen molar-refractivity contribution in [1.82, 2.24) is 32.9 Å². The molecule has 0 saturated carbocycles. The van der Waals surface area contributed by atoms with E-state index in [0.29, 0.717) is 0 Å². The molecule has 0 aliphatic heterocycles. The minimum absolute atomic E-state index is 0.750. The second-order valence-electron chi connectivity index (χ2n) is 16.1. The number of aromatic nitrogens is 7. The number of pyridine rings is 1. The highest BCUT2D eigenvalue weighted by Crippen LogP contribution is 2.74. The Balaban J connectivity index is 1.18. The number of benzene rings is 8. The van der Waals surface area contributed by atoms with Gasteiger partial charge in [-0.1, -0.05) is 103 Å². The third-order valence-corrected chi connectivity index (χ3v) is 16.6. The molecule has 0 aliphatic carbocycles. The third-order valence-electron chi connectivity index (χ3n) is 12.7. The van der Waals surface area contributed by atoms with Crippen LogP contribution in [-0.2, 0) is 0 Å². The molecule has 0 N–H and O–H groups in total. The Labute approximate surface area is 366 Å². The van der Waals surface area contributed by atoms with E-state index >= 15 is 0 Å². The van der Waals surface area contributed by atoms with Crippen molar-refractivity contribution in [1.29, 1.82) is 0 Å². The van der Waals surface area contributed by atoms with Crippen molar-refractivity contribution >= 4 is 87.7 Å². The zero-order valence-electron chi connectivity index (χ0n) is 34.2. The summed E-state index contributed by atoms with van der Waals surface area (Å²) in [6.45, 7) is 0. The van der Waals surface area contributed by atoms with Crippen molar-refractivity contribution in [2.45, 2.75) is 19.6 Å². The van der Waals surface area contributed by atoms with Crippen LogP contribution in [0.15, 0.2) is 236 Å². The van der Waals surface area contributed by atoms with Gasteiger partial charge in [0.05, 0.1) is 44.1 Å². The highest BCUT2D eigenvalue weighted by atomic mass is 32.3. The summed E-state index contributed by atoms with van der Waals surface area (Å²) in [5, 5.41) is 2.17. The molecule has 14 rings (SSSR count). The second kappa shape index (κ2) is 13.3. The van der Waals surface area contributed by atoms with Crippen LogP contribution in [0.2, 0.25) is 0 Å². The largest absolute Gasteiger partial charge is 0.456 e. The van der Waals surface area contributed by atoms with E-state index in [4.69, 9.17) is 19.4 Å². The molecule has 0 radical (unpaired) electrons. The van der Waals surface area contributed by atoms with Gasteiger partial charge in [-0.15, -0.1) is 10.0 Å². The molecule has 9 heteroatoms. The third kappa shape index (κ3) is 4.81. The van der Waals surface area contributed by atoms with Gasteiger partial charge in [-0.05, 0) is 109 Å². The number of furan rings is 1. The van der Waals surface area contributed by atoms with E-state index in [0.717, 1.165) is 94.2 Å². The topological polar surface area (TPSA) is 70.5 Å². The van der Waals surface area contributed by atoms with Gasteiger partial charge >= 0.3 is 0 Å². The van der Waals surface area contributed by atoms with Gasteiger partial charge in [0.15, 0.2) is 0 Å². The molecular weight excluding hydrogens is 807 g/mol. The van der Waals surface area contributed by atoms with Crippen LogP contribution in [0, 0.1) is 0 Å². The molecule has 64 heavy (non-hydrogen) atoms. The fourth-order valence-corrected chi connectivity index (χ4v) is 13.9. The minimum atomic E-state index is -2.30. The standard InChI is InChI=1S/C55H35N7OS/c1-3-17-36(18-4-1)64(37-19-5-2-6-20-37,38-31-32-51-41(33-38)40-21-7-16-30-50(40)63-51)39-34-52(61-48-28-14-12-26-46(48)59-44-24-10-8-22-42(44)56-54(59)61)58-53(35-39)62-49-29-15-13-27-47(49)60-45-25-11-9-23-43(45)57-55(60)62/h1-35H. The molecule has 0 bridgehead atoms. The molecule has 0 aliphatic rings. The fourth-order valence-electron chi connectivity index (χ4n) is 10.00. The number of fused-ring (bicyclic) bond motifs is 13. The summed E-state index contributed by atoms with van der Waals surface area (Å²) in [6.07, 6.45) is 0. The predicted molar refractivity (Wildman–Crippen MR) is 258 cm³/mol. The maximum atomic E-state index is 6.46.